The molecule has 11 heteroatoms. The molecule has 2 aromatic rings. The van der Waals surface area contributed by atoms with E-state index in [9.17, 15) is 24.3 Å². The normalized spacial score (nSPS) is 17.8. The Labute approximate surface area is 272 Å². The minimum Gasteiger partial charge on any atom is -0.445 e. The summed E-state index contributed by atoms with van der Waals surface area (Å²) in [5, 5.41) is 22.8. The number of rotatable bonds is 14. The maximum absolute atomic E-state index is 13.7. The van der Waals surface area contributed by atoms with Crippen molar-refractivity contribution < 1.29 is 29.0 Å². The third-order valence-corrected chi connectivity index (χ3v) is 7.86. The quantitative estimate of drug-likeness (QED) is 0.214. The highest BCUT2D eigenvalue weighted by atomic mass is 16.5. The Morgan fingerprint density at radius 1 is 0.891 bits per heavy atom. The van der Waals surface area contributed by atoms with Crippen LogP contribution in [0.15, 0.2) is 60.7 Å². The Hall–Kier alpha value is -3.96. The molecule has 1 heterocycles. The zero-order valence-electron chi connectivity index (χ0n) is 27.9. The van der Waals surface area contributed by atoms with Crippen LogP contribution in [0.25, 0.3) is 0 Å². The molecule has 252 valence electrons. The molecule has 2 aromatic carbocycles. The molecule has 4 amide bonds. The van der Waals surface area contributed by atoms with Crippen LogP contribution in [0, 0.1) is 5.92 Å². The Balaban J connectivity index is 1.65. The molecule has 0 aromatic heterocycles. The van der Waals surface area contributed by atoms with Crippen LogP contribution in [0.3, 0.4) is 0 Å². The number of likely N-dealkylation sites (tertiary alicyclic amines) is 1. The topological polar surface area (TPSA) is 149 Å². The average Bonchev–Trinajstić information content (AvgIpc) is 3.46. The molecule has 0 radical (unpaired) electrons. The number of carbonyl (C=O) groups excluding carboxylic acids is 4. The fourth-order valence-electron chi connectivity index (χ4n) is 5.41. The van der Waals surface area contributed by atoms with E-state index >= 15 is 0 Å². The van der Waals surface area contributed by atoms with Gasteiger partial charge >= 0.3 is 6.09 Å². The van der Waals surface area contributed by atoms with E-state index in [-0.39, 0.29) is 36.6 Å². The van der Waals surface area contributed by atoms with Crippen molar-refractivity contribution in [1.29, 1.82) is 0 Å². The van der Waals surface area contributed by atoms with Crippen LogP contribution < -0.4 is 21.3 Å². The van der Waals surface area contributed by atoms with Crippen LogP contribution in [0.4, 0.5) is 4.79 Å². The number of aliphatic hydroxyl groups excluding tert-OH is 1. The molecule has 1 aliphatic rings. The van der Waals surface area contributed by atoms with Gasteiger partial charge in [-0.15, -0.1) is 0 Å². The maximum atomic E-state index is 13.7. The smallest absolute Gasteiger partial charge is 0.408 e. The van der Waals surface area contributed by atoms with Crippen LogP contribution in [0.2, 0.25) is 0 Å². The predicted octanol–water partition coefficient (Wildman–Crippen LogP) is 2.91. The van der Waals surface area contributed by atoms with Crippen molar-refractivity contribution in [1.82, 2.24) is 26.2 Å². The van der Waals surface area contributed by atoms with Gasteiger partial charge in [0.25, 0.3) is 0 Å². The largest absolute Gasteiger partial charge is 0.445 e. The molecule has 11 nitrogen and oxygen atoms in total. The Kier molecular flexibility index (Phi) is 13.6. The fourth-order valence-corrected chi connectivity index (χ4v) is 5.41. The summed E-state index contributed by atoms with van der Waals surface area (Å²) in [6.07, 6.45) is 0.135. The number of amides is 4. The van der Waals surface area contributed by atoms with Crippen molar-refractivity contribution in [3.05, 3.63) is 71.8 Å². The summed E-state index contributed by atoms with van der Waals surface area (Å²) in [6.45, 7) is 11.8. The molecule has 5 unspecified atom stereocenters. The Morgan fingerprint density at radius 2 is 1.50 bits per heavy atom. The van der Waals surface area contributed by atoms with Gasteiger partial charge in [0.1, 0.15) is 18.7 Å². The second-order valence-electron chi connectivity index (χ2n) is 13.4. The van der Waals surface area contributed by atoms with E-state index in [0.29, 0.717) is 19.4 Å². The van der Waals surface area contributed by atoms with E-state index in [1.807, 2.05) is 100 Å². The SMILES string of the molecule is CC(NC(=O)OCc1ccccc1)C(=O)NC(C(=O)NC(Cc1ccccc1)C(O)CN1CCCC1C(=O)NC(C)(C)C)C(C)C. The van der Waals surface area contributed by atoms with Gasteiger partial charge in [-0.25, -0.2) is 4.79 Å². The highest BCUT2D eigenvalue weighted by molar-refractivity contribution is 5.91. The minimum atomic E-state index is -0.990. The van der Waals surface area contributed by atoms with Gasteiger partial charge in [0.05, 0.1) is 18.2 Å². The van der Waals surface area contributed by atoms with E-state index in [1.54, 1.807) is 0 Å². The molecule has 0 spiro atoms. The van der Waals surface area contributed by atoms with Gasteiger partial charge in [-0.1, -0.05) is 74.5 Å². The van der Waals surface area contributed by atoms with Crippen LogP contribution >= 0.6 is 0 Å². The number of hydrogen-bond donors (Lipinski definition) is 5. The molecule has 0 bridgehead atoms. The van der Waals surface area contributed by atoms with E-state index in [4.69, 9.17) is 4.74 Å². The van der Waals surface area contributed by atoms with Gasteiger partial charge in [-0.05, 0) is 70.5 Å². The molecule has 0 aliphatic carbocycles. The number of hydrogen-bond acceptors (Lipinski definition) is 7. The number of alkyl carbamates (subject to hydrolysis) is 1. The molecule has 1 aliphatic heterocycles. The summed E-state index contributed by atoms with van der Waals surface area (Å²) in [5.41, 5.74) is 1.36. The highest BCUT2D eigenvalue weighted by Gasteiger charge is 2.36. The molecular formula is C35H51N5O6. The minimum absolute atomic E-state index is 0.0581. The molecular weight excluding hydrogens is 586 g/mol. The summed E-state index contributed by atoms with van der Waals surface area (Å²) in [7, 11) is 0. The van der Waals surface area contributed by atoms with Gasteiger partial charge in [0.2, 0.25) is 17.7 Å². The van der Waals surface area contributed by atoms with Crippen molar-refractivity contribution in [2.24, 2.45) is 5.92 Å². The number of nitrogens with zero attached hydrogens (tertiary/aromatic N) is 1. The van der Waals surface area contributed by atoms with E-state index < -0.39 is 42.1 Å². The lowest BCUT2D eigenvalue weighted by molar-refractivity contribution is -0.132. The standard InChI is InChI=1S/C35H51N5O6/c1-23(2)30(38-31(42)24(3)36-34(45)46-22-26-16-11-8-12-17-26)33(44)37-27(20-25-14-9-7-10-15-25)29(41)21-40-19-13-18-28(40)32(43)39-35(4,5)6/h7-12,14-17,23-24,27-30,41H,13,18-22H2,1-6H3,(H,36,45)(H,37,44)(H,38,42)(H,39,43). The summed E-state index contributed by atoms with van der Waals surface area (Å²) in [5.74, 6) is -1.36. The Morgan fingerprint density at radius 3 is 2.09 bits per heavy atom. The van der Waals surface area contributed by atoms with Crippen LogP contribution in [0.1, 0.15) is 65.5 Å². The zero-order chi connectivity index (χ0) is 33.9. The molecule has 5 N–H and O–H groups in total. The molecule has 1 fully saturated rings. The first kappa shape index (κ1) is 36.5. The van der Waals surface area contributed by atoms with Crippen molar-refractivity contribution in [3.63, 3.8) is 0 Å². The van der Waals surface area contributed by atoms with E-state index in [1.165, 1.54) is 6.92 Å². The van der Waals surface area contributed by atoms with Gasteiger partial charge in [-0.3, -0.25) is 19.3 Å². The van der Waals surface area contributed by atoms with Crippen molar-refractivity contribution >= 4 is 23.8 Å². The molecule has 1 saturated heterocycles. The Bertz CT molecular complexity index is 1280. The summed E-state index contributed by atoms with van der Waals surface area (Å²) < 4.78 is 5.22. The van der Waals surface area contributed by atoms with Gasteiger partial charge in [0, 0.05) is 12.1 Å². The molecule has 0 saturated carbocycles. The average molecular weight is 638 g/mol. The van der Waals surface area contributed by atoms with Gasteiger partial charge in [-0.2, -0.15) is 0 Å². The lowest BCUT2D eigenvalue weighted by Crippen LogP contribution is -2.59. The highest BCUT2D eigenvalue weighted by Crippen LogP contribution is 2.20. The first-order valence-corrected chi connectivity index (χ1v) is 16.1. The van der Waals surface area contributed by atoms with Crippen LogP contribution in [0.5, 0.6) is 0 Å². The van der Waals surface area contributed by atoms with Gasteiger partial charge in [0.15, 0.2) is 0 Å². The number of ether oxygens (including phenoxy) is 1. The molecule has 5 atom stereocenters. The maximum Gasteiger partial charge on any atom is 0.408 e. The molecule has 46 heavy (non-hydrogen) atoms. The second kappa shape index (κ2) is 17.1. The van der Waals surface area contributed by atoms with Crippen LogP contribution in [-0.2, 0) is 32.1 Å². The van der Waals surface area contributed by atoms with Crippen molar-refractivity contribution in [2.75, 3.05) is 13.1 Å². The second-order valence-corrected chi connectivity index (χ2v) is 13.4. The van der Waals surface area contributed by atoms with E-state index in [0.717, 1.165) is 17.5 Å². The summed E-state index contributed by atoms with van der Waals surface area (Å²) >= 11 is 0. The summed E-state index contributed by atoms with van der Waals surface area (Å²) in [4.78, 5) is 54.0. The van der Waals surface area contributed by atoms with E-state index in [2.05, 4.69) is 21.3 Å². The lowest BCUT2D eigenvalue weighted by atomic mass is 9.98. The monoisotopic (exact) mass is 637 g/mol. The summed E-state index contributed by atoms with van der Waals surface area (Å²) in [6, 6.07) is 15.8. The van der Waals surface area contributed by atoms with Crippen LogP contribution in [-0.4, -0.2) is 82.7 Å². The third-order valence-electron chi connectivity index (χ3n) is 7.86. The molecule has 3 rings (SSSR count). The van der Waals surface area contributed by atoms with Crippen molar-refractivity contribution in [3.8, 4) is 0 Å². The number of carbonyl (C=O) groups is 4. The number of nitrogens with one attached hydrogen (secondary N) is 4. The lowest BCUT2D eigenvalue weighted by Gasteiger charge is -2.33. The fraction of sp³-hybridized carbons (Fsp3) is 0.543. The number of β-amino-alcohol motifs (C(OH)–C–C–N with tert-alkyl or cyclic N) is 1. The van der Waals surface area contributed by atoms with Gasteiger partial charge < -0.3 is 31.1 Å². The third kappa shape index (κ3) is 11.8. The first-order valence-electron chi connectivity index (χ1n) is 16.1. The zero-order valence-corrected chi connectivity index (χ0v) is 27.9. The number of aliphatic hydroxyl groups is 1. The predicted molar refractivity (Wildman–Crippen MR) is 177 cm³/mol. The van der Waals surface area contributed by atoms with Crippen molar-refractivity contribution in [2.45, 2.75) is 103 Å². The number of benzene rings is 2. The first-order chi connectivity index (χ1) is 21.7.